The van der Waals surface area contributed by atoms with Gasteiger partial charge in [-0.15, -0.1) is 0 Å². The Morgan fingerprint density at radius 1 is 0.448 bits per heavy atom. The Bertz CT molecular complexity index is 3560. The molecule has 28 N–H and O–H groups in total. The Morgan fingerprint density at radius 2 is 0.845 bits per heavy atom. The second-order valence-electron chi connectivity index (χ2n) is 30.4. The third kappa shape index (κ3) is 36.0. The van der Waals surface area contributed by atoms with Gasteiger partial charge in [-0.2, -0.15) is 0 Å². The van der Waals surface area contributed by atoms with E-state index in [1.54, 1.807) is 41.5 Å². The molecule has 16 amide bonds. The number of nitrogens with two attached hydrogens (primary N) is 4. The van der Waals surface area contributed by atoms with Gasteiger partial charge >= 0.3 is 11.9 Å². The van der Waals surface area contributed by atoms with Crippen LogP contribution in [0.4, 0.5) is 0 Å². The van der Waals surface area contributed by atoms with Crippen molar-refractivity contribution in [1.82, 2.24) is 74.0 Å². The summed E-state index contributed by atoms with van der Waals surface area (Å²) in [7, 11) is 0. The van der Waals surface area contributed by atoms with E-state index in [9.17, 15) is 117 Å². The van der Waals surface area contributed by atoms with Crippen LogP contribution < -0.4 is 92.1 Å². The van der Waals surface area contributed by atoms with Crippen LogP contribution in [0.5, 0.6) is 5.75 Å². The van der Waals surface area contributed by atoms with Crippen molar-refractivity contribution in [1.29, 1.82) is 0 Å². The number of primary amides is 2. The molecule has 1 aliphatic heterocycles. The highest BCUT2D eigenvalue weighted by Gasteiger charge is 2.43. The minimum absolute atomic E-state index is 0.00210. The van der Waals surface area contributed by atoms with Crippen LogP contribution in [-0.4, -0.2) is 276 Å². The monoisotopic (exact) mass is 1650 g/mol. The fraction of sp³-hybridized carbons (Fsp3) is 0.671. The van der Waals surface area contributed by atoms with Crippen LogP contribution in [-0.2, 0) is 92.7 Å². The lowest BCUT2D eigenvalue weighted by atomic mass is 10.0. The molecule has 17 atom stereocenters. The van der Waals surface area contributed by atoms with E-state index in [4.69, 9.17) is 28.0 Å². The van der Waals surface area contributed by atoms with Crippen molar-refractivity contribution in [3.05, 3.63) is 29.8 Å². The molecule has 0 unspecified atom stereocenters. The number of hydrogen-bond acceptors (Lipinski definition) is 25. The number of amides is 16. The Balaban J connectivity index is 2.43. The van der Waals surface area contributed by atoms with Crippen LogP contribution >= 0.6 is 0 Å². The van der Waals surface area contributed by atoms with Crippen molar-refractivity contribution in [2.45, 2.75) is 263 Å². The summed E-state index contributed by atoms with van der Waals surface area (Å²) in [4.78, 5) is 244. The number of carboxylic acid groups (broad SMARTS) is 2. The van der Waals surface area contributed by atoms with E-state index in [0.29, 0.717) is 5.56 Å². The first kappa shape index (κ1) is 101. The second-order valence-corrected chi connectivity index (χ2v) is 30.4. The standard InChI is InChI=1S/C73H120N18O25/c1-33(2)23-42(75)60(102)80-44(24-34(3)4)63(105)87-51(32-92)67(109)90-58(38(10)94)70(112)84-48(29-54(77)98)65(107)85-49(26-36(7)8)72(114)91-22-14-16-52(91)68(110)82-46(27-40-17-19-41(96)20-18-40)61(103)78-31-55(99)79-43(15-12-13-21-74)62(104)88-57(37(9)93)69(111)83-47(28-53(76)97)64(106)81-45(25-35(5)6)66(108)89-59(39(11)95)71(113)86-50(73(115)116)30-56(100)101/h17-20,33-39,42-52,57-59,92-96H,12-16,21-32,74-75H2,1-11H3,(H2,76,97)(H2,77,98)(H,78,103)(H,79,99)(H,80,102)(H,81,106)(H,82,110)(H,83,111)(H,84,112)(H,85,107)(H,86,113)(H,87,105)(H,88,104)(H,89,108)(H,90,109)(H,100,101)(H,115,116)/t37-,38-,39-,42+,43+,44+,45+,46+,47+,48+,49+,50+,51+,52+,57+,58+,59+/m1/s1. The molecular weight excluding hydrogens is 1530 g/mol. The number of likely N-dealkylation sites (tertiary alicyclic amines) is 1. The molecule has 43 heteroatoms. The molecule has 1 aliphatic rings. The topological polar surface area (TPSA) is 713 Å². The highest BCUT2D eigenvalue weighted by Crippen LogP contribution is 2.23. The van der Waals surface area contributed by atoms with Crippen molar-refractivity contribution in [2.75, 3.05) is 26.2 Å². The van der Waals surface area contributed by atoms with Crippen LogP contribution in [0.15, 0.2) is 24.3 Å². The number of carbonyl (C=O) groups is 18. The molecule has 0 spiro atoms. The molecule has 652 valence electrons. The maximum atomic E-state index is 14.8. The van der Waals surface area contributed by atoms with E-state index in [2.05, 4.69) is 63.8 Å². The first-order valence-corrected chi connectivity index (χ1v) is 38.2. The molecule has 1 aromatic carbocycles. The summed E-state index contributed by atoms with van der Waals surface area (Å²) in [5.41, 5.74) is 23.1. The number of phenolic OH excluding ortho intramolecular Hbond substituents is 1. The summed E-state index contributed by atoms with van der Waals surface area (Å²) in [5, 5.41) is 101. The number of rotatable bonds is 52. The quantitative estimate of drug-likeness (QED) is 0.0269. The summed E-state index contributed by atoms with van der Waals surface area (Å²) in [6.45, 7) is 15.0. The van der Waals surface area contributed by atoms with Gasteiger partial charge in [0, 0.05) is 13.0 Å². The van der Waals surface area contributed by atoms with Crippen LogP contribution in [0, 0.1) is 23.7 Å². The second kappa shape index (κ2) is 49.9. The Kier molecular flexibility index (Phi) is 43.6. The fourth-order valence-corrected chi connectivity index (χ4v) is 12.1. The molecule has 2 rings (SSSR count). The lowest BCUT2D eigenvalue weighted by Crippen LogP contribution is -2.62. The molecule has 0 aromatic heterocycles. The third-order valence-corrected chi connectivity index (χ3v) is 18.0. The molecule has 0 bridgehead atoms. The minimum atomic E-state index is -2.00. The van der Waals surface area contributed by atoms with E-state index in [1.807, 2.05) is 19.2 Å². The lowest BCUT2D eigenvalue weighted by molar-refractivity contribution is -0.148. The molecule has 0 radical (unpaired) electrons. The molecule has 0 aliphatic carbocycles. The number of nitrogens with one attached hydrogen (secondary N) is 13. The number of phenols is 1. The van der Waals surface area contributed by atoms with Gasteiger partial charge in [-0.3, -0.25) is 81.5 Å². The van der Waals surface area contributed by atoms with Crippen molar-refractivity contribution in [2.24, 2.45) is 46.6 Å². The normalized spacial score (nSPS) is 16.8. The SMILES string of the molecule is CC(C)C[C@H](NC(=O)[C@H](CC(N)=O)NC(=O)[C@@H](NC(=O)[C@H](CCCCN)NC(=O)CNC(=O)[C@H](Cc1ccc(O)cc1)NC(=O)[C@@H]1CCCN1C(=O)[C@H](CC(C)C)NC(=O)[C@H](CC(N)=O)NC(=O)[C@@H](NC(=O)[C@H](CO)NC(=O)[C@H](CC(C)C)NC(=O)[C@@H](N)CC(C)C)[C@@H](C)O)[C@@H](C)O)C(=O)N[C@H](C(=O)N[C@@H](CC(=O)O)C(=O)O)[C@@H](C)O. The highest BCUT2D eigenvalue weighted by atomic mass is 16.4. The summed E-state index contributed by atoms with van der Waals surface area (Å²) >= 11 is 0. The zero-order chi connectivity index (χ0) is 88.3. The van der Waals surface area contributed by atoms with Gasteiger partial charge in [-0.05, 0) is 126 Å². The van der Waals surface area contributed by atoms with Gasteiger partial charge in [0.2, 0.25) is 94.5 Å². The number of aliphatic hydroxyl groups excluding tert-OH is 4. The minimum Gasteiger partial charge on any atom is -0.508 e. The number of aliphatic carboxylic acids is 2. The van der Waals surface area contributed by atoms with Gasteiger partial charge in [-0.1, -0.05) is 67.5 Å². The van der Waals surface area contributed by atoms with Crippen molar-refractivity contribution in [3.63, 3.8) is 0 Å². The van der Waals surface area contributed by atoms with Gasteiger partial charge in [0.25, 0.3) is 0 Å². The number of carboxylic acids is 2. The number of unbranched alkanes of at least 4 members (excludes halogenated alkanes) is 1. The van der Waals surface area contributed by atoms with Crippen LogP contribution in [0.1, 0.15) is 159 Å². The Labute approximate surface area is 671 Å². The van der Waals surface area contributed by atoms with Gasteiger partial charge in [0.1, 0.15) is 84.3 Å². The maximum Gasteiger partial charge on any atom is 0.326 e. The number of hydrogen-bond donors (Lipinski definition) is 24. The molecule has 1 aromatic rings. The summed E-state index contributed by atoms with van der Waals surface area (Å²) in [6.07, 6.45) is -8.09. The number of nitrogens with zero attached hydrogens (tertiary/aromatic N) is 1. The zero-order valence-corrected chi connectivity index (χ0v) is 67.2. The molecule has 1 heterocycles. The third-order valence-electron chi connectivity index (χ3n) is 18.0. The number of benzene rings is 1. The zero-order valence-electron chi connectivity index (χ0n) is 67.2. The molecule has 43 nitrogen and oxygen atoms in total. The summed E-state index contributed by atoms with van der Waals surface area (Å²) in [5.74, 6) is -22.0. The molecule has 0 saturated carbocycles. The molecule has 1 fully saturated rings. The fourth-order valence-electron chi connectivity index (χ4n) is 12.1. The van der Waals surface area contributed by atoms with Crippen molar-refractivity contribution < 1.29 is 122 Å². The van der Waals surface area contributed by atoms with Gasteiger partial charge < -0.3 is 133 Å². The number of aliphatic hydroxyl groups is 4. The number of carbonyl (C=O) groups excluding carboxylic acids is 16. The van der Waals surface area contributed by atoms with Crippen LogP contribution in [0.25, 0.3) is 0 Å². The molecule has 1 saturated heterocycles. The summed E-state index contributed by atoms with van der Waals surface area (Å²) in [6, 6.07) is -17.9. The highest BCUT2D eigenvalue weighted by molar-refractivity contribution is 6.02. The van der Waals surface area contributed by atoms with Gasteiger partial charge in [0.05, 0.1) is 56.8 Å². The number of aromatic hydroxyl groups is 1. The summed E-state index contributed by atoms with van der Waals surface area (Å²) < 4.78 is 0. The average molecular weight is 1650 g/mol. The van der Waals surface area contributed by atoms with Gasteiger partial charge in [0.15, 0.2) is 0 Å². The van der Waals surface area contributed by atoms with Gasteiger partial charge in [-0.25, -0.2) is 4.79 Å². The van der Waals surface area contributed by atoms with E-state index < -0.39 is 248 Å². The van der Waals surface area contributed by atoms with E-state index in [0.717, 1.165) is 25.7 Å². The lowest BCUT2D eigenvalue weighted by Gasteiger charge is -2.31. The van der Waals surface area contributed by atoms with Crippen molar-refractivity contribution in [3.8, 4) is 5.75 Å². The van der Waals surface area contributed by atoms with Crippen molar-refractivity contribution >= 4 is 106 Å². The van der Waals surface area contributed by atoms with E-state index >= 15 is 0 Å². The Morgan fingerprint density at radius 3 is 1.27 bits per heavy atom. The largest absolute Gasteiger partial charge is 0.508 e. The molecular formula is C73H120N18O25. The van der Waals surface area contributed by atoms with Crippen LogP contribution in [0.2, 0.25) is 0 Å². The average Bonchev–Trinajstić information content (AvgIpc) is 1.63. The van der Waals surface area contributed by atoms with E-state index in [-0.39, 0.29) is 101 Å². The maximum absolute atomic E-state index is 14.8. The predicted molar refractivity (Wildman–Crippen MR) is 411 cm³/mol. The Hall–Kier alpha value is -10.8. The first-order chi connectivity index (χ1) is 54.1. The first-order valence-electron chi connectivity index (χ1n) is 38.2. The van der Waals surface area contributed by atoms with Crippen LogP contribution in [0.3, 0.4) is 0 Å². The predicted octanol–water partition coefficient (Wildman–Crippen LogP) is -8.05. The smallest absolute Gasteiger partial charge is 0.326 e. The van der Waals surface area contributed by atoms with E-state index in [1.165, 1.54) is 24.3 Å². The molecule has 116 heavy (non-hydrogen) atoms.